The first-order chi connectivity index (χ1) is 8.99. The van der Waals surface area contributed by atoms with Gasteiger partial charge in [-0.2, -0.15) is 0 Å². The number of hydrogen-bond acceptors (Lipinski definition) is 3. The second-order valence-corrected chi connectivity index (χ2v) is 5.19. The molecule has 0 fully saturated rings. The average Bonchev–Trinajstić information content (AvgIpc) is 2.38. The molecule has 0 radical (unpaired) electrons. The lowest BCUT2D eigenvalue weighted by Gasteiger charge is -2.10. The second-order valence-electron chi connectivity index (χ2n) is 3.97. The molecular weight excluding hydrogens is 330 g/mol. The van der Waals surface area contributed by atoms with E-state index in [1.807, 2.05) is 25.1 Å². The van der Waals surface area contributed by atoms with Gasteiger partial charge in [-0.1, -0.05) is 33.6 Å². The van der Waals surface area contributed by atoms with Crippen molar-refractivity contribution in [1.82, 2.24) is 4.98 Å². The SMILES string of the molecule is Cc1c(Br)cccc1NC(=O)c1cc(N)cnc1Cl. The Morgan fingerprint density at radius 1 is 1.47 bits per heavy atom. The van der Waals surface area contributed by atoms with E-state index in [9.17, 15) is 4.79 Å². The van der Waals surface area contributed by atoms with E-state index < -0.39 is 0 Å². The summed E-state index contributed by atoms with van der Waals surface area (Å²) in [7, 11) is 0. The maximum atomic E-state index is 12.1. The molecule has 0 aliphatic heterocycles. The zero-order valence-corrected chi connectivity index (χ0v) is 12.4. The number of carbonyl (C=O) groups excluding carboxylic acids is 1. The molecular formula is C13H11BrClN3O. The zero-order valence-electron chi connectivity index (χ0n) is 10.1. The molecule has 1 heterocycles. The first-order valence-electron chi connectivity index (χ1n) is 5.46. The largest absolute Gasteiger partial charge is 0.397 e. The van der Waals surface area contributed by atoms with Gasteiger partial charge in [-0.3, -0.25) is 4.79 Å². The minimum Gasteiger partial charge on any atom is -0.397 e. The summed E-state index contributed by atoms with van der Waals surface area (Å²) in [6, 6.07) is 7.05. The summed E-state index contributed by atoms with van der Waals surface area (Å²) in [5, 5.41) is 2.91. The van der Waals surface area contributed by atoms with Gasteiger partial charge in [0.2, 0.25) is 0 Å². The monoisotopic (exact) mass is 339 g/mol. The molecule has 0 bridgehead atoms. The summed E-state index contributed by atoms with van der Waals surface area (Å²) in [6.45, 7) is 1.90. The Labute approximate surface area is 124 Å². The van der Waals surface area contributed by atoms with Crippen LogP contribution in [0.1, 0.15) is 15.9 Å². The standard InChI is InChI=1S/C13H11BrClN3O/c1-7-10(14)3-2-4-11(7)18-13(19)9-5-8(16)6-17-12(9)15/h2-6H,16H2,1H3,(H,18,19). The molecule has 2 aromatic rings. The lowest BCUT2D eigenvalue weighted by molar-refractivity contribution is 0.102. The lowest BCUT2D eigenvalue weighted by atomic mass is 10.2. The normalized spacial score (nSPS) is 10.3. The van der Waals surface area contributed by atoms with E-state index in [0.717, 1.165) is 10.0 Å². The van der Waals surface area contributed by atoms with Crippen LogP contribution in [0, 0.1) is 6.92 Å². The fourth-order valence-corrected chi connectivity index (χ4v) is 2.11. The van der Waals surface area contributed by atoms with E-state index in [-0.39, 0.29) is 16.6 Å². The number of hydrogen-bond donors (Lipinski definition) is 2. The first-order valence-corrected chi connectivity index (χ1v) is 6.63. The van der Waals surface area contributed by atoms with Crippen LogP contribution in [-0.4, -0.2) is 10.9 Å². The predicted octanol–water partition coefficient (Wildman–Crippen LogP) is 3.64. The zero-order chi connectivity index (χ0) is 14.0. The maximum absolute atomic E-state index is 12.1. The Bertz CT molecular complexity index is 646. The number of halogens is 2. The third kappa shape index (κ3) is 3.05. The van der Waals surface area contributed by atoms with Crippen LogP contribution in [-0.2, 0) is 0 Å². The van der Waals surface area contributed by atoms with Crippen LogP contribution < -0.4 is 11.1 Å². The van der Waals surface area contributed by atoms with Crippen molar-refractivity contribution in [1.29, 1.82) is 0 Å². The van der Waals surface area contributed by atoms with Gasteiger partial charge in [0.25, 0.3) is 5.91 Å². The Hall–Kier alpha value is -1.59. The molecule has 0 aliphatic carbocycles. The van der Waals surface area contributed by atoms with Crippen molar-refractivity contribution in [2.24, 2.45) is 0 Å². The van der Waals surface area contributed by atoms with E-state index in [4.69, 9.17) is 17.3 Å². The van der Waals surface area contributed by atoms with Crippen molar-refractivity contribution in [3.63, 3.8) is 0 Å². The molecule has 6 heteroatoms. The number of nitrogen functional groups attached to an aromatic ring is 1. The van der Waals surface area contributed by atoms with Crippen LogP contribution in [0.3, 0.4) is 0 Å². The number of benzene rings is 1. The minimum atomic E-state index is -0.342. The van der Waals surface area contributed by atoms with Crippen molar-refractivity contribution >= 4 is 44.8 Å². The number of nitrogens with one attached hydrogen (secondary N) is 1. The number of anilines is 2. The highest BCUT2D eigenvalue weighted by Gasteiger charge is 2.13. The molecule has 2 rings (SSSR count). The van der Waals surface area contributed by atoms with E-state index in [2.05, 4.69) is 26.2 Å². The third-order valence-corrected chi connectivity index (χ3v) is 3.78. The molecule has 1 aromatic heterocycles. The van der Waals surface area contributed by atoms with Crippen LogP contribution in [0.2, 0.25) is 5.15 Å². The molecule has 19 heavy (non-hydrogen) atoms. The summed E-state index contributed by atoms with van der Waals surface area (Å²) in [6.07, 6.45) is 1.41. The summed E-state index contributed by atoms with van der Waals surface area (Å²) < 4.78 is 0.919. The summed E-state index contributed by atoms with van der Waals surface area (Å²) in [5.41, 5.74) is 7.88. The molecule has 0 atom stereocenters. The van der Waals surface area contributed by atoms with Gasteiger partial charge in [-0.05, 0) is 30.7 Å². The Morgan fingerprint density at radius 3 is 2.95 bits per heavy atom. The smallest absolute Gasteiger partial charge is 0.258 e. The van der Waals surface area contributed by atoms with Crippen molar-refractivity contribution in [2.45, 2.75) is 6.92 Å². The number of carbonyl (C=O) groups is 1. The lowest BCUT2D eigenvalue weighted by Crippen LogP contribution is -2.14. The van der Waals surface area contributed by atoms with E-state index in [1.165, 1.54) is 12.3 Å². The van der Waals surface area contributed by atoms with Crippen LogP contribution >= 0.6 is 27.5 Å². The van der Waals surface area contributed by atoms with Gasteiger partial charge in [0, 0.05) is 10.2 Å². The van der Waals surface area contributed by atoms with E-state index >= 15 is 0 Å². The van der Waals surface area contributed by atoms with Crippen LogP contribution in [0.25, 0.3) is 0 Å². The molecule has 0 saturated heterocycles. The van der Waals surface area contributed by atoms with Crippen LogP contribution in [0.15, 0.2) is 34.9 Å². The summed E-state index contributed by atoms with van der Waals surface area (Å²) in [4.78, 5) is 16.0. The third-order valence-electron chi connectivity index (χ3n) is 2.62. The quantitative estimate of drug-likeness (QED) is 0.820. The molecule has 98 valence electrons. The van der Waals surface area contributed by atoms with Gasteiger partial charge >= 0.3 is 0 Å². The summed E-state index contributed by atoms with van der Waals surface area (Å²) >= 11 is 9.30. The molecule has 0 spiro atoms. The topological polar surface area (TPSA) is 68.0 Å². The number of nitrogens with zero attached hydrogens (tertiary/aromatic N) is 1. The first kappa shape index (κ1) is 13.8. The predicted molar refractivity (Wildman–Crippen MR) is 80.5 cm³/mol. The minimum absolute atomic E-state index is 0.124. The van der Waals surface area contributed by atoms with Gasteiger partial charge in [0.05, 0.1) is 17.4 Å². The highest BCUT2D eigenvalue weighted by atomic mass is 79.9. The molecule has 1 amide bonds. The Balaban J connectivity index is 2.31. The molecule has 3 N–H and O–H groups in total. The Morgan fingerprint density at radius 2 is 2.21 bits per heavy atom. The fourth-order valence-electron chi connectivity index (χ4n) is 1.56. The van der Waals surface area contributed by atoms with Crippen molar-refractivity contribution in [3.05, 3.63) is 51.2 Å². The number of nitrogens with two attached hydrogens (primary N) is 1. The maximum Gasteiger partial charge on any atom is 0.258 e. The van der Waals surface area contributed by atoms with Crippen molar-refractivity contribution in [3.8, 4) is 0 Å². The van der Waals surface area contributed by atoms with Gasteiger partial charge in [0.15, 0.2) is 0 Å². The van der Waals surface area contributed by atoms with E-state index in [1.54, 1.807) is 0 Å². The number of aromatic nitrogens is 1. The van der Waals surface area contributed by atoms with Crippen molar-refractivity contribution < 1.29 is 4.79 Å². The van der Waals surface area contributed by atoms with Gasteiger partial charge in [-0.15, -0.1) is 0 Å². The van der Waals surface area contributed by atoms with Gasteiger partial charge in [-0.25, -0.2) is 4.98 Å². The number of amides is 1. The molecule has 1 aromatic carbocycles. The van der Waals surface area contributed by atoms with Gasteiger partial charge in [0.1, 0.15) is 5.15 Å². The average molecular weight is 341 g/mol. The van der Waals surface area contributed by atoms with E-state index in [0.29, 0.717) is 11.4 Å². The number of rotatable bonds is 2. The fraction of sp³-hybridized carbons (Fsp3) is 0.0769. The molecule has 4 nitrogen and oxygen atoms in total. The highest BCUT2D eigenvalue weighted by molar-refractivity contribution is 9.10. The molecule has 0 aliphatic rings. The number of pyridine rings is 1. The molecule has 0 unspecified atom stereocenters. The highest BCUT2D eigenvalue weighted by Crippen LogP contribution is 2.25. The second kappa shape index (κ2) is 5.59. The molecule has 0 saturated carbocycles. The summed E-state index contributed by atoms with van der Waals surface area (Å²) in [5.74, 6) is -0.342. The van der Waals surface area contributed by atoms with Crippen molar-refractivity contribution in [2.75, 3.05) is 11.1 Å². The van der Waals surface area contributed by atoms with Crippen LogP contribution in [0.4, 0.5) is 11.4 Å². The van der Waals surface area contributed by atoms with Gasteiger partial charge < -0.3 is 11.1 Å². The Kier molecular flexibility index (Phi) is 4.07. The van der Waals surface area contributed by atoms with Crippen LogP contribution in [0.5, 0.6) is 0 Å².